The fourth-order valence-corrected chi connectivity index (χ4v) is 1.85. The minimum atomic E-state index is -0.437. The summed E-state index contributed by atoms with van der Waals surface area (Å²) in [5.74, 6) is -0.403. The van der Waals surface area contributed by atoms with Crippen LogP contribution < -0.4 is 5.32 Å². The Morgan fingerprint density at radius 1 is 1.06 bits per heavy atom. The van der Waals surface area contributed by atoms with Crippen molar-refractivity contribution < 1.29 is 9.50 Å². The van der Waals surface area contributed by atoms with Crippen molar-refractivity contribution in [2.24, 2.45) is 0 Å². The van der Waals surface area contributed by atoms with E-state index in [-0.39, 0.29) is 15.8 Å². The average Bonchev–Trinajstić information content (AvgIpc) is 2.35. The highest BCUT2D eigenvalue weighted by molar-refractivity contribution is 6.32. The SMILES string of the molecule is Oc1ccc(NCc2ccc(F)c(Cl)c2)cc1Cl. The quantitative estimate of drug-likeness (QED) is 0.817. The molecule has 0 heterocycles. The highest BCUT2D eigenvalue weighted by atomic mass is 35.5. The summed E-state index contributed by atoms with van der Waals surface area (Å²) in [6.45, 7) is 0.487. The van der Waals surface area contributed by atoms with E-state index in [0.29, 0.717) is 6.54 Å². The molecule has 18 heavy (non-hydrogen) atoms. The Kier molecular flexibility index (Phi) is 3.94. The molecule has 0 aliphatic rings. The number of hydrogen-bond acceptors (Lipinski definition) is 2. The molecule has 0 aromatic heterocycles. The Bertz CT molecular complexity index is 523. The fraction of sp³-hybridized carbons (Fsp3) is 0.0769. The maximum Gasteiger partial charge on any atom is 0.141 e. The summed E-state index contributed by atoms with van der Waals surface area (Å²) in [4.78, 5) is 0. The van der Waals surface area contributed by atoms with Crippen molar-refractivity contribution in [1.29, 1.82) is 0 Å². The lowest BCUT2D eigenvalue weighted by Crippen LogP contribution is -1.99. The molecule has 0 bridgehead atoms. The number of phenolic OH excluding ortho intramolecular Hbond substituents is 1. The standard InChI is InChI=1S/C13H10Cl2FNO/c14-10-5-8(1-3-12(10)16)7-17-9-2-4-13(18)11(15)6-9/h1-6,17-18H,7H2. The molecule has 0 spiro atoms. The first-order valence-electron chi connectivity index (χ1n) is 5.22. The summed E-state index contributed by atoms with van der Waals surface area (Å²) >= 11 is 11.5. The summed E-state index contributed by atoms with van der Waals surface area (Å²) < 4.78 is 13.0. The Hall–Kier alpha value is -1.45. The molecule has 2 aromatic rings. The maximum atomic E-state index is 13.0. The average molecular weight is 286 g/mol. The van der Waals surface area contributed by atoms with E-state index in [0.717, 1.165) is 11.3 Å². The Balaban J connectivity index is 2.06. The normalized spacial score (nSPS) is 10.4. The van der Waals surface area contributed by atoms with Crippen LogP contribution in [0.2, 0.25) is 10.0 Å². The van der Waals surface area contributed by atoms with Crippen LogP contribution in [0.4, 0.5) is 10.1 Å². The second kappa shape index (κ2) is 5.46. The van der Waals surface area contributed by atoms with E-state index >= 15 is 0 Å². The number of anilines is 1. The van der Waals surface area contributed by atoms with Gasteiger partial charge in [-0.25, -0.2) is 4.39 Å². The third-order valence-electron chi connectivity index (χ3n) is 2.43. The molecule has 0 radical (unpaired) electrons. The first-order valence-corrected chi connectivity index (χ1v) is 5.98. The second-order valence-electron chi connectivity index (χ2n) is 3.77. The predicted molar refractivity (Wildman–Crippen MR) is 71.9 cm³/mol. The number of rotatable bonds is 3. The molecule has 0 fully saturated rings. The van der Waals surface area contributed by atoms with Gasteiger partial charge in [-0.15, -0.1) is 0 Å². The van der Waals surface area contributed by atoms with Gasteiger partial charge in [0.25, 0.3) is 0 Å². The summed E-state index contributed by atoms with van der Waals surface area (Å²) in [5.41, 5.74) is 1.61. The Morgan fingerprint density at radius 2 is 1.83 bits per heavy atom. The monoisotopic (exact) mass is 285 g/mol. The van der Waals surface area contributed by atoms with Crippen molar-refractivity contribution in [3.8, 4) is 5.75 Å². The number of hydrogen-bond donors (Lipinski definition) is 2. The number of aromatic hydroxyl groups is 1. The largest absolute Gasteiger partial charge is 0.506 e. The van der Waals surface area contributed by atoms with Gasteiger partial charge in [-0.1, -0.05) is 29.3 Å². The van der Waals surface area contributed by atoms with Gasteiger partial charge in [0.15, 0.2) is 0 Å². The topological polar surface area (TPSA) is 32.3 Å². The molecule has 0 saturated heterocycles. The van der Waals surface area contributed by atoms with Crippen molar-refractivity contribution in [3.05, 3.63) is 57.8 Å². The van der Waals surface area contributed by atoms with Crippen LogP contribution in [-0.4, -0.2) is 5.11 Å². The van der Waals surface area contributed by atoms with Crippen LogP contribution in [0, 0.1) is 5.82 Å². The molecule has 2 nitrogen and oxygen atoms in total. The van der Waals surface area contributed by atoms with E-state index < -0.39 is 5.82 Å². The summed E-state index contributed by atoms with van der Waals surface area (Å²) in [5, 5.41) is 12.7. The first kappa shape index (κ1) is 13.0. The van der Waals surface area contributed by atoms with Crippen LogP contribution in [0.15, 0.2) is 36.4 Å². The minimum absolute atomic E-state index is 0.0343. The van der Waals surface area contributed by atoms with Crippen molar-refractivity contribution in [1.82, 2.24) is 0 Å². The second-order valence-corrected chi connectivity index (χ2v) is 4.58. The van der Waals surface area contributed by atoms with E-state index in [1.807, 2.05) is 0 Å². The third-order valence-corrected chi connectivity index (χ3v) is 3.02. The van der Waals surface area contributed by atoms with Gasteiger partial charge in [-0.3, -0.25) is 0 Å². The lowest BCUT2D eigenvalue weighted by Gasteiger charge is -2.08. The van der Waals surface area contributed by atoms with Gasteiger partial charge >= 0.3 is 0 Å². The molecule has 0 aliphatic carbocycles. The maximum absolute atomic E-state index is 13.0. The molecule has 0 unspecified atom stereocenters. The molecule has 0 aliphatic heterocycles. The summed E-state index contributed by atoms with van der Waals surface area (Å²) in [6, 6.07) is 9.35. The van der Waals surface area contributed by atoms with Crippen LogP contribution >= 0.6 is 23.2 Å². The van der Waals surface area contributed by atoms with Gasteiger partial charge in [0.1, 0.15) is 11.6 Å². The lowest BCUT2D eigenvalue weighted by molar-refractivity contribution is 0.475. The van der Waals surface area contributed by atoms with E-state index in [9.17, 15) is 9.50 Å². The minimum Gasteiger partial charge on any atom is -0.506 e. The van der Waals surface area contributed by atoms with Crippen molar-refractivity contribution in [2.45, 2.75) is 6.54 Å². The van der Waals surface area contributed by atoms with Crippen LogP contribution in [0.1, 0.15) is 5.56 Å². The molecular weight excluding hydrogens is 276 g/mol. The molecule has 5 heteroatoms. The zero-order valence-corrected chi connectivity index (χ0v) is 10.8. The van der Waals surface area contributed by atoms with Crippen LogP contribution in [-0.2, 0) is 6.54 Å². The van der Waals surface area contributed by atoms with Gasteiger partial charge < -0.3 is 10.4 Å². The molecule has 94 valence electrons. The first-order chi connectivity index (χ1) is 8.56. The Labute approximate surface area is 114 Å². The molecule has 0 saturated carbocycles. The van der Waals surface area contributed by atoms with Crippen molar-refractivity contribution in [2.75, 3.05) is 5.32 Å². The van der Waals surface area contributed by atoms with Crippen LogP contribution in [0.3, 0.4) is 0 Å². The van der Waals surface area contributed by atoms with E-state index in [4.69, 9.17) is 23.2 Å². The molecule has 0 amide bonds. The molecular formula is C13H10Cl2FNO. The van der Waals surface area contributed by atoms with Gasteiger partial charge in [0, 0.05) is 12.2 Å². The van der Waals surface area contributed by atoms with Gasteiger partial charge in [0.2, 0.25) is 0 Å². The lowest BCUT2D eigenvalue weighted by atomic mass is 10.2. The third kappa shape index (κ3) is 3.06. The van der Waals surface area contributed by atoms with E-state index in [1.54, 1.807) is 24.3 Å². The molecule has 2 aromatic carbocycles. The van der Waals surface area contributed by atoms with Crippen LogP contribution in [0.25, 0.3) is 0 Å². The van der Waals surface area contributed by atoms with Crippen molar-refractivity contribution >= 4 is 28.9 Å². The molecule has 2 rings (SSSR count). The predicted octanol–water partition coefficient (Wildman–Crippen LogP) is 4.45. The highest BCUT2D eigenvalue weighted by Crippen LogP contribution is 2.26. The number of benzene rings is 2. The summed E-state index contributed by atoms with van der Waals surface area (Å²) in [7, 11) is 0. The molecule has 2 N–H and O–H groups in total. The zero-order valence-electron chi connectivity index (χ0n) is 9.25. The van der Waals surface area contributed by atoms with E-state index in [1.165, 1.54) is 12.1 Å². The molecule has 0 atom stereocenters. The smallest absolute Gasteiger partial charge is 0.141 e. The highest BCUT2D eigenvalue weighted by Gasteiger charge is 2.02. The summed E-state index contributed by atoms with van der Waals surface area (Å²) in [6.07, 6.45) is 0. The number of halogens is 3. The van der Waals surface area contributed by atoms with Crippen LogP contribution in [0.5, 0.6) is 5.75 Å². The van der Waals surface area contributed by atoms with Gasteiger partial charge in [-0.05, 0) is 35.9 Å². The van der Waals surface area contributed by atoms with Crippen molar-refractivity contribution in [3.63, 3.8) is 0 Å². The number of phenols is 1. The van der Waals surface area contributed by atoms with Gasteiger partial charge in [-0.2, -0.15) is 0 Å². The van der Waals surface area contributed by atoms with Gasteiger partial charge in [0.05, 0.1) is 10.0 Å². The fourth-order valence-electron chi connectivity index (χ4n) is 1.47. The van der Waals surface area contributed by atoms with E-state index in [2.05, 4.69) is 5.32 Å². The zero-order chi connectivity index (χ0) is 13.1. The number of nitrogens with one attached hydrogen (secondary N) is 1. The Morgan fingerprint density at radius 3 is 2.50 bits per heavy atom.